The predicted molar refractivity (Wildman–Crippen MR) is 69.5 cm³/mol. The topological polar surface area (TPSA) is 59.1 Å². The van der Waals surface area contributed by atoms with Crippen molar-refractivity contribution < 1.29 is 39.2 Å². The Kier molecular flexibility index (Phi) is 5.04. The molecule has 136 valence electrons. The van der Waals surface area contributed by atoms with Gasteiger partial charge in [-0.2, -0.15) is 13.2 Å². The molecule has 0 aliphatic rings. The number of hydrogen-bond donors (Lipinski definition) is 1. The molecule has 0 fully saturated rings. The second kappa shape index (κ2) is 6.59. The second-order valence-electron chi connectivity index (χ2n) is 4.65. The van der Waals surface area contributed by atoms with Gasteiger partial charge in [0, 0.05) is 25.0 Å². The van der Waals surface area contributed by atoms with E-state index < -0.39 is 62.0 Å². The van der Waals surface area contributed by atoms with Gasteiger partial charge in [-0.05, 0) is 11.6 Å². The van der Waals surface area contributed by atoms with Crippen LogP contribution in [0.5, 0.6) is 0 Å². The van der Waals surface area contributed by atoms with Gasteiger partial charge in [0.15, 0.2) is 23.3 Å². The number of nitrogens with zero attached hydrogens (tertiary/aromatic N) is 1. The third kappa shape index (κ3) is 3.90. The third-order valence-corrected chi connectivity index (χ3v) is 4.42. The Morgan fingerprint density at radius 2 is 1.68 bits per heavy atom. The summed E-state index contributed by atoms with van der Waals surface area (Å²) in [5.74, 6) is -8.76. The summed E-state index contributed by atoms with van der Waals surface area (Å²) >= 11 is 0. The highest BCUT2D eigenvalue weighted by molar-refractivity contribution is 7.89. The Labute approximate surface area is 136 Å². The predicted octanol–water partition coefficient (Wildman–Crippen LogP) is 3.14. The number of pyridine rings is 1. The van der Waals surface area contributed by atoms with E-state index in [1.54, 1.807) is 4.72 Å². The van der Waals surface area contributed by atoms with Crippen molar-refractivity contribution in [3.8, 4) is 0 Å². The van der Waals surface area contributed by atoms with Crippen LogP contribution in [0.4, 0.5) is 30.7 Å². The smallest absolute Gasteiger partial charge is 0.264 e. The Morgan fingerprint density at radius 1 is 1.04 bits per heavy atom. The zero-order valence-electron chi connectivity index (χ0n) is 11.8. The molecule has 1 aromatic heterocycles. The van der Waals surface area contributed by atoms with E-state index in [1.165, 1.54) is 0 Å². The van der Waals surface area contributed by atoms with E-state index in [0.29, 0.717) is 12.3 Å². The first-order valence-corrected chi connectivity index (χ1v) is 7.76. The largest absolute Gasteiger partial charge is 0.416 e. The molecule has 0 aliphatic heterocycles. The van der Waals surface area contributed by atoms with Crippen molar-refractivity contribution in [2.75, 3.05) is 0 Å². The van der Waals surface area contributed by atoms with Crippen molar-refractivity contribution in [3.63, 3.8) is 0 Å². The van der Waals surface area contributed by atoms with Crippen LogP contribution in [-0.2, 0) is 22.7 Å². The van der Waals surface area contributed by atoms with E-state index in [-0.39, 0.29) is 6.07 Å². The third-order valence-electron chi connectivity index (χ3n) is 3.02. The van der Waals surface area contributed by atoms with Crippen LogP contribution in [0.3, 0.4) is 0 Å². The maximum Gasteiger partial charge on any atom is 0.416 e. The van der Waals surface area contributed by atoms with Crippen molar-refractivity contribution in [1.29, 1.82) is 0 Å². The maximum absolute atomic E-state index is 13.5. The molecule has 2 aromatic rings. The summed E-state index contributed by atoms with van der Waals surface area (Å²) < 4.78 is 116. The van der Waals surface area contributed by atoms with E-state index in [9.17, 15) is 39.2 Å². The van der Waals surface area contributed by atoms with Gasteiger partial charge in [0.25, 0.3) is 0 Å². The average molecular weight is 388 g/mol. The van der Waals surface area contributed by atoms with E-state index in [0.717, 1.165) is 6.20 Å². The molecule has 4 nitrogen and oxygen atoms in total. The molecule has 0 spiro atoms. The van der Waals surface area contributed by atoms with E-state index in [2.05, 4.69) is 4.98 Å². The summed E-state index contributed by atoms with van der Waals surface area (Å²) in [7, 11) is -4.98. The number of benzene rings is 1. The molecule has 0 bridgehead atoms. The summed E-state index contributed by atoms with van der Waals surface area (Å²) in [6.07, 6.45) is -3.28. The van der Waals surface area contributed by atoms with Gasteiger partial charge in [-0.15, -0.1) is 0 Å². The fourth-order valence-corrected chi connectivity index (χ4v) is 2.93. The van der Waals surface area contributed by atoms with Crippen molar-refractivity contribution in [2.45, 2.75) is 17.6 Å². The molecule has 1 aromatic carbocycles. The fourth-order valence-electron chi connectivity index (χ4n) is 1.84. The molecule has 0 atom stereocenters. The SMILES string of the molecule is O=S(=O)(NCc1cnccc1C(F)(F)F)c1cc(F)c(F)c(F)c1F. The molecular formula is C13H7F7N2O2S. The summed E-state index contributed by atoms with van der Waals surface area (Å²) in [5, 5.41) is 0. The molecule has 0 amide bonds. The van der Waals surface area contributed by atoms with E-state index >= 15 is 0 Å². The molecule has 1 N–H and O–H groups in total. The summed E-state index contributed by atoms with van der Waals surface area (Å²) in [5.41, 5.74) is -1.82. The Hall–Kier alpha value is -2.21. The first kappa shape index (κ1) is 19.1. The number of alkyl halides is 3. The normalized spacial score (nSPS) is 12.4. The molecule has 0 saturated heterocycles. The maximum atomic E-state index is 13.5. The standard InChI is InChI=1S/C13H7F7N2O2S/c14-8-3-9(11(16)12(17)10(8)15)25(23,24)22-5-6-4-21-2-1-7(6)13(18,19)20/h1-4,22H,5H2. The minimum absolute atomic E-state index is 0.121. The van der Waals surface area contributed by atoms with Gasteiger partial charge in [0.2, 0.25) is 10.0 Å². The number of aromatic nitrogens is 1. The lowest BCUT2D eigenvalue weighted by Crippen LogP contribution is -2.26. The highest BCUT2D eigenvalue weighted by Gasteiger charge is 2.34. The number of halogens is 7. The summed E-state index contributed by atoms with van der Waals surface area (Å²) in [6.45, 7) is -0.995. The zero-order chi connectivity index (χ0) is 19.0. The Morgan fingerprint density at radius 3 is 2.28 bits per heavy atom. The zero-order valence-corrected chi connectivity index (χ0v) is 12.7. The van der Waals surface area contributed by atoms with Crippen LogP contribution in [0.2, 0.25) is 0 Å². The monoisotopic (exact) mass is 388 g/mol. The fraction of sp³-hybridized carbons (Fsp3) is 0.154. The highest BCUT2D eigenvalue weighted by atomic mass is 32.2. The molecule has 0 aliphatic carbocycles. The van der Waals surface area contributed by atoms with Crippen LogP contribution in [-0.4, -0.2) is 13.4 Å². The first-order chi connectivity index (χ1) is 11.4. The van der Waals surface area contributed by atoms with Crippen LogP contribution in [0.25, 0.3) is 0 Å². The minimum Gasteiger partial charge on any atom is -0.264 e. The van der Waals surface area contributed by atoms with E-state index in [1.807, 2.05) is 0 Å². The number of hydrogen-bond acceptors (Lipinski definition) is 3. The molecule has 25 heavy (non-hydrogen) atoms. The van der Waals surface area contributed by atoms with Gasteiger partial charge in [0.05, 0.1) is 5.56 Å². The summed E-state index contributed by atoms with van der Waals surface area (Å²) in [4.78, 5) is 1.83. The van der Waals surface area contributed by atoms with E-state index in [4.69, 9.17) is 0 Å². The van der Waals surface area contributed by atoms with Crippen LogP contribution >= 0.6 is 0 Å². The van der Waals surface area contributed by atoms with Crippen molar-refractivity contribution in [2.24, 2.45) is 0 Å². The Bertz CT molecular complexity index is 913. The van der Waals surface area contributed by atoms with Gasteiger partial charge < -0.3 is 0 Å². The molecule has 0 unspecified atom stereocenters. The lowest BCUT2D eigenvalue weighted by Gasteiger charge is -2.13. The van der Waals surface area contributed by atoms with Crippen molar-refractivity contribution in [3.05, 3.63) is 58.9 Å². The molecule has 12 heteroatoms. The highest BCUT2D eigenvalue weighted by Crippen LogP contribution is 2.31. The number of nitrogens with one attached hydrogen (secondary N) is 1. The summed E-state index contributed by atoms with van der Waals surface area (Å²) in [6, 6.07) is 0.464. The quantitative estimate of drug-likeness (QED) is 0.498. The van der Waals surface area contributed by atoms with Gasteiger partial charge in [-0.25, -0.2) is 30.7 Å². The lowest BCUT2D eigenvalue weighted by molar-refractivity contribution is -0.138. The van der Waals surface area contributed by atoms with Crippen LogP contribution < -0.4 is 4.72 Å². The minimum atomic E-state index is -4.98. The van der Waals surface area contributed by atoms with Crippen LogP contribution in [0, 0.1) is 23.3 Å². The lowest BCUT2D eigenvalue weighted by atomic mass is 10.1. The first-order valence-electron chi connectivity index (χ1n) is 6.28. The Balaban J connectivity index is 2.37. The number of sulfonamides is 1. The molecule has 0 saturated carbocycles. The van der Waals surface area contributed by atoms with Crippen molar-refractivity contribution in [1.82, 2.24) is 9.71 Å². The number of rotatable bonds is 4. The van der Waals surface area contributed by atoms with Gasteiger partial charge in [0.1, 0.15) is 4.90 Å². The molecule has 0 radical (unpaired) electrons. The molecule has 1 heterocycles. The van der Waals surface area contributed by atoms with Crippen molar-refractivity contribution >= 4 is 10.0 Å². The molecule has 2 rings (SSSR count). The second-order valence-corrected chi connectivity index (χ2v) is 6.39. The molecular weight excluding hydrogens is 381 g/mol. The average Bonchev–Trinajstić information content (AvgIpc) is 2.53. The van der Waals surface area contributed by atoms with Gasteiger partial charge in [-0.1, -0.05) is 0 Å². The van der Waals surface area contributed by atoms with Crippen LogP contribution in [0.1, 0.15) is 11.1 Å². The van der Waals surface area contributed by atoms with Crippen LogP contribution in [0.15, 0.2) is 29.4 Å². The van der Waals surface area contributed by atoms with Gasteiger partial charge >= 0.3 is 6.18 Å². The van der Waals surface area contributed by atoms with Gasteiger partial charge in [-0.3, -0.25) is 4.98 Å².